The summed E-state index contributed by atoms with van der Waals surface area (Å²) in [7, 11) is 0. The highest BCUT2D eigenvalue weighted by Crippen LogP contribution is 2.29. The minimum Gasteiger partial charge on any atom is -0.392 e. The van der Waals surface area contributed by atoms with Gasteiger partial charge in [0.25, 0.3) is 0 Å². The van der Waals surface area contributed by atoms with Gasteiger partial charge >= 0.3 is 6.18 Å². The molecule has 0 aliphatic rings. The average molecular weight is 288 g/mol. The largest absolute Gasteiger partial charge is 0.416 e. The molecule has 1 rings (SSSR count). The van der Waals surface area contributed by atoms with Gasteiger partial charge in [-0.25, -0.2) is 0 Å². The highest BCUT2D eigenvalue weighted by molar-refractivity contribution is 5.25. The molecule has 1 atom stereocenters. The molecule has 0 aliphatic heterocycles. The van der Waals surface area contributed by atoms with Crippen LogP contribution in [0.15, 0.2) is 36.4 Å². The molecule has 0 fully saturated rings. The van der Waals surface area contributed by atoms with E-state index < -0.39 is 11.7 Å². The molecule has 0 radical (unpaired) electrons. The fraction of sp³-hybridized carbons (Fsp3) is 0.467. The quantitative estimate of drug-likeness (QED) is 0.770. The maximum atomic E-state index is 12.6. The zero-order valence-electron chi connectivity index (χ0n) is 11.4. The maximum absolute atomic E-state index is 12.6. The van der Waals surface area contributed by atoms with E-state index in [1.54, 1.807) is 18.2 Å². The van der Waals surface area contributed by atoms with Crippen LogP contribution in [0.2, 0.25) is 0 Å². The topological polar surface area (TPSA) is 29.5 Å². The van der Waals surface area contributed by atoms with E-state index in [9.17, 15) is 13.2 Å². The summed E-state index contributed by atoms with van der Waals surface area (Å²) in [5, 5.41) is 8.63. The maximum Gasteiger partial charge on any atom is 0.416 e. The van der Waals surface area contributed by atoms with Crippen molar-refractivity contribution >= 4 is 0 Å². The molecule has 0 saturated heterocycles. The molecule has 1 aromatic carbocycles. The van der Waals surface area contributed by atoms with Crippen molar-refractivity contribution in [2.45, 2.75) is 38.7 Å². The van der Waals surface area contributed by atoms with E-state index in [0.717, 1.165) is 18.6 Å². The van der Waals surface area contributed by atoms with Crippen LogP contribution in [-0.2, 0) is 17.5 Å². The minimum atomic E-state index is -4.33. The lowest BCUT2D eigenvalue weighted by Gasteiger charge is -2.15. The number of rotatable bonds is 7. The first kappa shape index (κ1) is 16.7. The van der Waals surface area contributed by atoms with Crippen molar-refractivity contribution < 1.29 is 23.0 Å². The van der Waals surface area contributed by atoms with Crippen LogP contribution in [-0.4, -0.2) is 17.8 Å². The summed E-state index contributed by atoms with van der Waals surface area (Å²) in [6, 6.07) is 5.15. The summed E-state index contributed by atoms with van der Waals surface area (Å²) in [6.07, 6.45) is 0.429. The summed E-state index contributed by atoms with van der Waals surface area (Å²) in [4.78, 5) is 0. The van der Waals surface area contributed by atoms with Gasteiger partial charge < -0.3 is 9.84 Å². The Hall–Kier alpha value is -1.33. The molecule has 0 amide bonds. The van der Waals surface area contributed by atoms with Crippen LogP contribution in [0.5, 0.6) is 0 Å². The van der Waals surface area contributed by atoms with Gasteiger partial charge in [0.05, 0.1) is 24.9 Å². The van der Waals surface area contributed by atoms with Gasteiger partial charge in [0, 0.05) is 0 Å². The fourth-order valence-electron chi connectivity index (χ4n) is 1.73. The van der Waals surface area contributed by atoms with Gasteiger partial charge in [0.2, 0.25) is 0 Å². The molecular weight excluding hydrogens is 269 g/mol. The molecule has 0 spiro atoms. The molecule has 1 unspecified atom stereocenters. The summed E-state index contributed by atoms with van der Waals surface area (Å²) < 4.78 is 43.3. The van der Waals surface area contributed by atoms with E-state index in [2.05, 4.69) is 0 Å². The van der Waals surface area contributed by atoms with Gasteiger partial charge in [-0.2, -0.15) is 13.2 Å². The molecule has 0 aliphatic carbocycles. The van der Waals surface area contributed by atoms with E-state index in [1.165, 1.54) is 6.07 Å². The van der Waals surface area contributed by atoms with E-state index >= 15 is 0 Å². The number of ether oxygens (including phenoxy) is 1. The second-order valence-corrected chi connectivity index (χ2v) is 4.43. The Labute approximate surface area is 116 Å². The van der Waals surface area contributed by atoms with Crippen LogP contribution in [0.1, 0.15) is 30.9 Å². The van der Waals surface area contributed by atoms with Crippen molar-refractivity contribution in [3.63, 3.8) is 0 Å². The minimum absolute atomic E-state index is 0.0237. The zero-order valence-corrected chi connectivity index (χ0v) is 11.4. The van der Waals surface area contributed by atoms with Crippen molar-refractivity contribution in [1.29, 1.82) is 0 Å². The number of hydrogen-bond donors (Lipinski definition) is 1. The van der Waals surface area contributed by atoms with Crippen molar-refractivity contribution in [2.24, 2.45) is 0 Å². The van der Waals surface area contributed by atoms with Crippen LogP contribution < -0.4 is 0 Å². The van der Waals surface area contributed by atoms with E-state index in [0.29, 0.717) is 12.0 Å². The Morgan fingerprint density at radius 3 is 2.65 bits per heavy atom. The number of benzene rings is 1. The molecule has 112 valence electrons. The van der Waals surface area contributed by atoms with E-state index in [1.807, 2.05) is 6.92 Å². The first-order chi connectivity index (χ1) is 9.47. The number of halogens is 3. The Kier molecular flexibility index (Phi) is 6.75. The Bertz CT molecular complexity index is 427. The number of aliphatic hydroxyl groups excluding tert-OH is 1. The van der Waals surface area contributed by atoms with Crippen LogP contribution in [0.3, 0.4) is 0 Å². The smallest absolute Gasteiger partial charge is 0.392 e. The lowest BCUT2D eigenvalue weighted by atomic mass is 10.1. The van der Waals surface area contributed by atoms with Gasteiger partial charge in [-0.05, 0) is 30.5 Å². The highest BCUT2D eigenvalue weighted by atomic mass is 19.4. The molecule has 1 N–H and O–H groups in total. The molecule has 2 nitrogen and oxygen atoms in total. The molecule has 0 bridgehead atoms. The lowest BCUT2D eigenvalue weighted by Crippen LogP contribution is -2.11. The molecule has 20 heavy (non-hydrogen) atoms. The van der Waals surface area contributed by atoms with Gasteiger partial charge in [0.1, 0.15) is 0 Å². The monoisotopic (exact) mass is 288 g/mol. The van der Waals surface area contributed by atoms with Crippen LogP contribution in [0.4, 0.5) is 13.2 Å². The highest BCUT2D eigenvalue weighted by Gasteiger charge is 2.30. The summed E-state index contributed by atoms with van der Waals surface area (Å²) >= 11 is 0. The molecule has 5 heteroatoms. The summed E-state index contributed by atoms with van der Waals surface area (Å²) in [6.45, 7) is 2.07. The molecule has 0 aromatic heterocycles. The predicted molar refractivity (Wildman–Crippen MR) is 71.2 cm³/mol. The second-order valence-electron chi connectivity index (χ2n) is 4.43. The van der Waals surface area contributed by atoms with E-state index in [-0.39, 0.29) is 19.3 Å². The van der Waals surface area contributed by atoms with Crippen LogP contribution in [0.25, 0.3) is 0 Å². The second kappa shape index (κ2) is 8.07. The number of hydrogen-bond acceptors (Lipinski definition) is 2. The van der Waals surface area contributed by atoms with Crippen molar-refractivity contribution in [3.8, 4) is 0 Å². The first-order valence-corrected chi connectivity index (χ1v) is 6.51. The summed E-state index contributed by atoms with van der Waals surface area (Å²) in [5.74, 6) is 0. The SMILES string of the molecule is CCC(CC=CCO)OCc1cccc(C(F)(F)F)c1. The Balaban J connectivity index is 2.58. The van der Waals surface area contributed by atoms with Gasteiger partial charge in [0.15, 0.2) is 0 Å². The third-order valence-corrected chi connectivity index (χ3v) is 2.87. The van der Waals surface area contributed by atoms with Crippen molar-refractivity contribution in [3.05, 3.63) is 47.5 Å². The normalized spacial score (nSPS) is 13.8. The molecular formula is C15H19F3O2. The van der Waals surface area contributed by atoms with Gasteiger partial charge in [-0.1, -0.05) is 31.2 Å². The lowest BCUT2D eigenvalue weighted by molar-refractivity contribution is -0.137. The van der Waals surface area contributed by atoms with Crippen molar-refractivity contribution in [2.75, 3.05) is 6.61 Å². The zero-order chi connectivity index (χ0) is 15.0. The third-order valence-electron chi connectivity index (χ3n) is 2.87. The molecule has 1 aromatic rings. The van der Waals surface area contributed by atoms with Crippen LogP contribution >= 0.6 is 0 Å². The average Bonchev–Trinajstić information content (AvgIpc) is 2.42. The van der Waals surface area contributed by atoms with E-state index in [4.69, 9.17) is 9.84 Å². The standard InChI is InChI=1S/C15H19F3O2/c1-2-14(8-3-4-9-19)20-11-12-6-5-7-13(10-12)15(16,17)18/h3-7,10,14,19H,2,8-9,11H2,1H3. The van der Waals surface area contributed by atoms with Gasteiger partial charge in [-0.15, -0.1) is 0 Å². The van der Waals surface area contributed by atoms with Gasteiger partial charge in [-0.3, -0.25) is 0 Å². The molecule has 0 saturated carbocycles. The number of aliphatic hydroxyl groups is 1. The van der Waals surface area contributed by atoms with Crippen LogP contribution in [0, 0.1) is 0 Å². The number of alkyl halides is 3. The Morgan fingerprint density at radius 2 is 2.05 bits per heavy atom. The first-order valence-electron chi connectivity index (χ1n) is 6.51. The van der Waals surface area contributed by atoms with Crippen molar-refractivity contribution in [1.82, 2.24) is 0 Å². The molecule has 0 heterocycles. The Morgan fingerprint density at radius 1 is 1.30 bits per heavy atom. The third kappa shape index (κ3) is 5.75. The summed E-state index contributed by atoms with van der Waals surface area (Å²) in [5.41, 5.74) is -0.156. The predicted octanol–water partition coefficient (Wildman–Crippen LogP) is 3.94. The fourth-order valence-corrected chi connectivity index (χ4v) is 1.73.